The Morgan fingerprint density at radius 3 is 2.46 bits per heavy atom. The Hall–Kier alpha value is -2.37. The zero-order valence-corrected chi connectivity index (χ0v) is 13.0. The fourth-order valence-corrected chi connectivity index (χ4v) is 3.01. The number of alkyl halides is 3. The Labute approximate surface area is 134 Å². The first-order chi connectivity index (χ1) is 10.9. The molecular weight excluding hydrogens is 355 g/mol. The molecule has 1 aliphatic rings. The van der Waals surface area contributed by atoms with Gasteiger partial charge in [0.25, 0.3) is 15.5 Å². The van der Waals surface area contributed by atoms with Crippen LogP contribution in [0.2, 0.25) is 0 Å². The van der Waals surface area contributed by atoms with E-state index in [4.69, 9.17) is 0 Å². The summed E-state index contributed by atoms with van der Waals surface area (Å²) in [6.07, 6.45) is 0.356. The van der Waals surface area contributed by atoms with Gasteiger partial charge in [-0.25, -0.2) is 8.42 Å². The van der Waals surface area contributed by atoms with Gasteiger partial charge in [-0.15, -0.1) is 0 Å². The zero-order chi connectivity index (χ0) is 18.3. The average Bonchev–Trinajstić information content (AvgIpc) is 2.78. The van der Waals surface area contributed by atoms with Gasteiger partial charge in [-0.3, -0.25) is 14.9 Å². The molecule has 0 radical (unpaired) electrons. The van der Waals surface area contributed by atoms with Crippen LogP contribution in [0.15, 0.2) is 23.1 Å². The summed E-state index contributed by atoms with van der Waals surface area (Å²) in [5, 5.41) is 13.6. The van der Waals surface area contributed by atoms with Crippen LogP contribution in [-0.4, -0.2) is 49.3 Å². The van der Waals surface area contributed by atoms with E-state index in [0.29, 0.717) is 25.1 Å². The van der Waals surface area contributed by atoms with Crippen molar-refractivity contribution in [3.8, 4) is 0 Å². The SMILES string of the molecule is CN1CCC(Nc2ccc(S(=O)(=O)C(F)(F)F)cc2[N+](=O)[O-])C1=O. The van der Waals surface area contributed by atoms with Crippen LogP contribution in [0.5, 0.6) is 0 Å². The molecule has 1 aromatic carbocycles. The molecule has 1 N–H and O–H groups in total. The first kappa shape index (κ1) is 18.0. The molecule has 1 unspecified atom stereocenters. The first-order valence-electron chi connectivity index (χ1n) is 6.56. The lowest BCUT2D eigenvalue weighted by molar-refractivity contribution is -0.384. The number of likely N-dealkylation sites (tertiary alicyclic amines) is 1. The smallest absolute Gasteiger partial charge is 0.368 e. The van der Waals surface area contributed by atoms with Crippen molar-refractivity contribution in [1.29, 1.82) is 0 Å². The Kier molecular flexibility index (Phi) is 4.44. The van der Waals surface area contributed by atoms with Gasteiger partial charge in [0, 0.05) is 19.7 Å². The number of hydrogen-bond acceptors (Lipinski definition) is 6. The van der Waals surface area contributed by atoms with Crippen LogP contribution in [-0.2, 0) is 14.6 Å². The summed E-state index contributed by atoms with van der Waals surface area (Å²) in [6.45, 7) is 0.421. The number of hydrogen-bond donors (Lipinski definition) is 1. The minimum absolute atomic E-state index is 0.227. The number of carbonyl (C=O) groups is 1. The van der Waals surface area contributed by atoms with Gasteiger partial charge in [0.2, 0.25) is 5.91 Å². The minimum Gasteiger partial charge on any atom is -0.368 e. The second-order valence-electron chi connectivity index (χ2n) is 5.13. The molecule has 8 nitrogen and oxygen atoms in total. The maximum Gasteiger partial charge on any atom is 0.501 e. The largest absolute Gasteiger partial charge is 0.501 e. The number of halogens is 3. The van der Waals surface area contributed by atoms with E-state index in [1.165, 1.54) is 11.9 Å². The molecule has 1 amide bonds. The molecule has 2 rings (SSSR count). The Morgan fingerprint density at radius 2 is 2.00 bits per heavy atom. The van der Waals surface area contributed by atoms with Crippen LogP contribution in [0.1, 0.15) is 6.42 Å². The van der Waals surface area contributed by atoms with Crippen molar-refractivity contribution in [3.05, 3.63) is 28.3 Å². The topological polar surface area (TPSA) is 110 Å². The Morgan fingerprint density at radius 1 is 1.38 bits per heavy atom. The molecule has 1 atom stereocenters. The number of benzene rings is 1. The summed E-state index contributed by atoms with van der Waals surface area (Å²) in [5.74, 6) is -0.323. The van der Waals surface area contributed by atoms with E-state index in [9.17, 15) is 36.5 Å². The van der Waals surface area contributed by atoms with Crippen molar-refractivity contribution in [2.24, 2.45) is 0 Å². The second kappa shape index (κ2) is 5.92. The fraction of sp³-hybridized carbons (Fsp3) is 0.417. The minimum atomic E-state index is -5.70. The monoisotopic (exact) mass is 367 g/mol. The van der Waals surface area contributed by atoms with Gasteiger partial charge in [-0.05, 0) is 18.6 Å². The van der Waals surface area contributed by atoms with E-state index in [1.54, 1.807) is 0 Å². The van der Waals surface area contributed by atoms with Gasteiger partial charge in [-0.2, -0.15) is 13.2 Å². The van der Waals surface area contributed by atoms with Crippen molar-refractivity contribution >= 4 is 27.1 Å². The predicted octanol–water partition coefficient (Wildman–Crippen LogP) is 1.53. The zero-order valence-electron chi connectivity index (χ0n) is 12.2. The number of rotatable bonds is 4. The second-order valence-corrected chi connectivity index (χ2v) is 7.07. The molecule has 0 spiro atoms. The van der Waals surface area contributed by atoms with Crippen LogP contribution in [0, 0.1) is 10.1 Å². The van der Waals surface area contributed by atoms with E-state index in [1.807, 2.05) is 0 Å². The molecule has 1 aliphatic heterocycles. The van der Waals surface area contributed by atoms with E-state index < -0.39 is 36.9 Å². The lowest BCUT2D eigenvalue weighted by Gasteiger charge is -2.14. The van der Waals surface area contributed by atoms with E-state index in [-0.39, 0.29) is 11.6 Å². The first-order valence-corrected chi connectivity index (χ1v) is 8.05. The molecule has 1 aromatic rings. The van der Waals surface area contributed by atoms with E-state index in [2.05, 4.69) is 5.32 Å². The quantitative estimate of drug-likeness (QED) is 0.638. The van der Waals surface area contributed by atoms with Gasteiger partial charge < -0.3 is 10.2 Å². The highest BCUT2D eigenvalue weighted by Gasteiger charge is 2.47. The molecule has 132 valence electrons. The molecule has 0 bridgehead atoms. The van der Waals surface area contributed by atoms with Crippen LogP contribution >= 0.6 is 0 Å². The third-order valence-electron chi connectivity index (χ3n) is 3.54. The van der Waals surface area contributed by atoms with Crippen molar-refractivity contribution < 1.29 is 31.3 Å². The highest BCUT2D eigenvalue weighted by atomic mass is 32.2. The van der Waals surface area contributed by atoms with Gasteiger partial charge in [-0.1, -0.05) is 0 Å². The molecular formula is C12H12F3N3O5S. The maximum atomic E-state index is 12.6. The van der Waals surface area contributed by atoms with Crippen molar-refractivity contribution in [2.45, 2.75) is 22.9 Å². The number of carbonyl (C=O) groups excluding carboxylic acids is 1. The fourth-order valence-electron chi connectivity index (χ4n) is 2.23. The van der Waals surface area contributed by atoms with Gasteiger partial charge in [0.1, 0.15) is 11.7 Å². The lowest BCUT2D eigenvalue weighted by atomic mass is 10.2. The summed E-state index contributed by atoms with van der Waals surface area (Å²) in [5.41, 5.74) is -6.66. The van der Waals surface area contributed by atoms with Crippen LogP contribution in [0.25, 0.3) is 0 Å². The number of nitro groups is 1. The number of nitrogens with zero attached hydrogens (tertiary/aromatic N) is 2. The maximum absolute atomic E-state index is 12.6. The van der Waals surface area contributed by atoms with Gasteiger partial charge in [0.05, 0.1) is 9.82 Å². The lowest BCUT2D eigenvalue weighted by Crippen LogP contribution is -2.31. The predicted molar refractivity (Wildman–Crippen MR) is 76.0 cm³/mol. The molecule has 24 heavy (non-hydrogen) atoms. The number of sulfone groups is 1. The molecule has 0 aromatic heterocycles. The number of nitrogens with one attached hydrogen (secondary N) is 1. The Balaban J connectivity index is 2.42. The molecule has 1 saturated heterocycles. The number of nitro benzene ring substituents is 1. The van der Waals surface area contributed by atoms with Crippen molar-refractivity contribution in [3.63, 3.8) is 0 Å². The van der Waals surface area contributed by atoms with Crippen LogP contribution in [0.3, 0.4) is 0 Å². The third kappa shape index (κ3) is 3.13. The van der Waals surface area contributed by atoms with Crippen molar-refractivity contribution in [1.82, 2.24) is 4.90 Å². The number of likely N-dealkylation sites (N-methyl/N-ethyl adjacent to an activating group) is 1. The average molecular weight is 367 g/mol. The normalized spacial score (nSPS) is 18.8. The summed E-state index contributed by atoms with van der Waals surface area (Å²) >= 11 is 0. The third-order valence-corrected chi connectivity index (χ3v) is 5.02. The molecule has 1 fully saturated rings. The highest BCUT2D eigenvalue weighted by molar-refractivity contribution is 7.92. The molecule has 0 aliphatic carbocycles. The number of anilines is 1. The molecule has 1 heterocycles. The van der Waals surface area contributed by atoms with Gasteiger partial charge in [0.15, 0.2) is 0 Å². The highest BCUT2D eigenvalue weighted by Crippen LogP contribution is 2.35. The summed E-state index contributed by atoms with van der Waals surface area (Å²) in [4.78, 5) is 22.0. The molecule has 12 heteroatoms. The summed E-state index contributed by atoms with van der Waals surface area (Å²) < 4.78 is 60.4. The van der Waals surface area contributed by atoms with Crippen molar-refractivity contribution in [2.75, 3.05) is 18.9 Å². The summed E-state index contributed by atoms with van der Waals surface area (Å²) in [7, 11) is -4.16. The standard InChI is InChI=1S/C12H12F3N3O5S/c1-17-5-4-9(11(17)19)16-8-3-2-7(6-10(8)18(20)21)24(22,23)12(13,14)15/h2-3,6,9,16H,4-5H2,1H3. The van der Waals surface area contributed by atoms with E-state index >= 15 is 0 Å². The Bertz CT molecular complexity index is 794. The van der Waals surface area contributed by atoms with Gasteiger partial charge >= 0.3 is 5.51 Å². The summed E-state index contributed by atoms with van der Waals surface area (Å²) in [6, 6.07) is 1.02. The molecule has 0 saturated carbocycles. The van der Waals surface area contributed by atoms with Crippen LogP contribution in [0.4, 0.5) is 24.5 Å². The number of amides is 1. The van der Waals surface area contributed by atoms with E-state index in [0.717, 1.165) is 6.07 Å². The van der Waals surface area contributed by atoms with Crippen LogP contribution < -0.4 is 5.32 Å².